The Morgan fingerprint density at radius 3 is 2.31 bits per heavy atom. The Hall–Kier alpha value is -2.38. The third-order valence-corrected chi connectivity index (χ3v) is 7.53. The molecule has 1 aliphatic carbocycles. The molecular formula is C19H19N3O3S. The van der Waals surface area contributed by atoms with Crippen LogP contribution in [0.25, 0.3) is 10.9 Å². The first-order valence-electron chi connectivity index (χ1n) is 8.73. The van der Waals surface area contributed by atoms with Crippen molar-refractivity contribution in [1.29, 1.82) is 0 Å². The van der Waals surface area contributed by atoms with Crippen LogP contribution < -0.4 is 5.56 Å². The summed E-state index contributed by atoms with van der Waals surface area (Å²) in [4.78, 5) is 12.9. The van der Waals surface area contributed by atoms with Gasteiger partial charge in [0.15, 0.2) is 0 Å². The number of para-hydroxylation sites is 1. The first kappa shape index (κ1) is 15.8. The topological polar surface area (TPSA) is 75.2 Å². The second-order valence-electron chi connectivity index (χ2n) is 7.48. The van der Waals surface area contributed by atoms with Gasteiger partial charge in [0.2, 0.25) is 10.0 Å². The van der Waals surface area contributed by atoms with Gasteiger partial charge in [0, 0.05) is 18.5 Å². The van der Waals surface area contributed by atoms with Gasteiger partial charge in [-0.15, -0.1) is 0 Å². The van der Waals surface area contributed by atoms with Crippen LogP contribution in [0, 0.1) is 5.41 Å². The molecule has 1 aliphatic heterocycles. The van der Waals surface area contributed by atoms with Crippen LogP contribution in [0.2, 0.25) is 0 Å². The number of hydrogen-bond donors (Lipinski definition) is 1. The summed E-state index contributed by atoms with van der Waals surface area (Å²) in [6.07, 6.45) is 1.67. The highest BCUT2D eigenvalue weighted by atomic mass is 32.2. The summed E-state index contributed by atoms with van der Waals surface area (Å²) in [6.45, 7) is 1.07. The van der Waals surface area contributed by atoms with Crippen molar-refractivity contribution in [1.82, 2.24) is 14.1 Å². The van der Waals surface area contributed by atoms with Gasteiger partial charge in [-0.1, -0.05) is 30.3 Å². The van der Waals surface area contributed by atoms with E-state index in [2.05, 4.69) is 5.10 Å². The summed E-state index contributed by atoms with van der Waals surface area (Å²) in [5.74, 6) is 0. The van der Waals surface area contributed by atoms with E-state index in [0.29, 0.717) is 23.4 Å². The van der Waals surface area contributed by atoms with Crippen LogP contribution in [0.3, 0.4) is 0 Å². The fourth-order valence-corrected chi connectivity index (χ4v) is 6.02. The van der Waals surface area contributed by atoms with Gasteiger partial charge >= 0.3 is 0 Å². The van der Waals surface area contributed by atoms with Gasteiger partial charge in [0.1, 0.15) is 0 Å². The lowest BCUT2D eigenvalue weighted by Crippen LogP contribution is -2.64. The van der Waals surface area contributed by atoms with Crippen LogP contribution in [-0.2, 0) is 10.0 Å². The minimum atomic E-state index is -3.40. The van der Waals surface area contributed by atoms with Gasteiger partial charge in [-0.2, -0.15) is 4.31 Å². The number of aromatic amines is 1. The Bertz CT molecular complexity index is 1130. The van der Waals surface area contributed by atoms with Crippen molar-refractivity contribution in [2.24, 2.45) is 5.41 Å². The fourth-order valence-electron chi connectivity index (χ4n) is 4.33. The van der Waals surface area contributed by atoms with E-state index in [9.17, 15) is 13.2 Å². The highest BCUT2D eigenvalue weighted by Crippen LogP contribution is 2.54. The van der Waals surface area contributed by atoms with Crippen LogP contribution in [0.4, 0.5) is 0 Å². The lowest BCUT2D eigenvalue weighted by atomic mass is 9.61. The zero-order chi connectivity index (χ0) is 17.9. The van der Waals surface area contributed by atoms with E-state index in [1.165, 1.54) is 0 Å². The van der Waals surface area contributed by atoms with Crippen LogP contribution in [-0.4, -0.2) is 35.6 Å². The normalized spacial score (nSPS) is 20.2. The molecule has 0 amide bonds. The first-order chi connectivity index (χ1) is 12.5. The molecule has 0 atom stereocenters. The number of rotatable bonds is 3. The third-order valence-electron chi connectivity index (χ3n) is 5.72. The van der Waals surface area contributed by atoms with Crippen molar-refractivity contribution in [2.75, 3.05) is 13.1 Å². The van der Waals surface area contributed by atoms with E-state index < -0.39 is 10.0 Å². The molecule has 7 heteroatoms. The molecule has 26 heavy (non-hydrogen) atoms. The van der Waals surface area contributed by atoms with E-state index in [-0.39, 0.29) is 17.0 Å². The van der Waals surface area contributed by atoms with Gasteiger partial charge in [-0.05, 0) is 37.1 Å². The molecule has 1 saturated heterocycles. The number of benzene rings is 2. The Labute approximate surface area is 151 Å². The number of H-pyrrole nitrogens is 1. The number of nitrogens with zero attached hydrogens (tertiary/aromatic N) is 2. The zero-order valence-electron chi connectivity index (χ0n) is 14.1. The highest BCUT2D eigenvalue weighted by molar-refractivity contribution is 7.89. The average Bonchev–Trinajstić information content (AvgIpc) is 2.90. The molecule has 2 aromatic carbocycles. The average molecular weight is 369 g/mol. The highest BCUT2D eigenvalue weighted by Gasteiger charge is 2.56. The van der Waals surface area contributed by atoms with Crippen molar-refractivity contribution in [2.45, 2.75) is 23.8 Å². The number of fused-ring (bicyclic) bond motifs is 1. The predicted molar refractivity (Wildman–Crippen MR) is 98.5 cm³/mol. The van der Waals surface area contributed by atoms with Gasteiger partial charge in [0.25, 0.3) is 5.56 Å². The summed E-state index contributed by atoms with van der Waals surface area (Å²) in [6, 6.07) is 16.2. The van der Waals surface area contributed by atoms with Crippen molar-refractivity contribution >= 4 is 20.9 Å². The van der Waals surface area contributed by atoms with Crippen LogP contribution in [0.15, 0.2) is 64.3 Å². The molecule has 0 unspecified atom stereocenters. The monoisotopic (exact) mass is 369 g/mol. The lowest BCUT2D eigenvalue weighted by Gasteiger charge is -2.58. The lowest BCUT2D eigenvalue weighted by molar-refractivity contribution is -0.0506. The summed E-state index contributed by atoms with van der Waals surface area (Å²) in [7, 11) is -3.40. The third kappa shape index (κ3) is 2.20. The molecule has 1 saturated carbocycles. The number of aromatic nitrogens is 2. The molecule has 3 aromatic rings. The Morgan fingerprint density at radius 2 is 1.62 bits per heavy atom. The maximum atomic E-state index is 12.6. The summed E-state index contributed by atoms with van der Waals surface area (Å²) >= 11 is 0. The number of sulfonamides is 1. The number of hydrogen-bond acceptors (Lipinski definition) is 3. The molecule has 134 valence electrons. The summed E-state index contributed by atoms with van der Waals surface area (Å²) in [5.41, 5.74) is 0.873. The van der Waals surface area contributed by atoms with E-state index in [1.54, 1.807) is 33.3 Å². The molecule has 1 aromatic heterocycles. The van der Waals surface area contributed by atoms with Gasteiger partial charge in [-0.25, -0.2) is 13.1 Å². The SMILES string of the molecule is O=c1c2ccccc2[nH]n1C1CC2(C1)CN(S(=O)(=O)c1ccccc1)C2. The molecule has 6 nitrogen and oxygen atoms in total. The Morgan fingerprint density at radius 1 is 0.962 bits per heavy atom. The molecule has 1 N–H and O–H groups in total. The quantitative estimate of drug-likeness (QED) is 0.770. The zero-order valence-corrected chi connectivity index (χ0v) is 14.9. The first-order valence-corrected chi connectivity index (χ1v) is 10.2. The Kier molecular flexibility index (Phi) is 3.24. The molecule has 0 radical (unpaired) electrons. The van der Waals surface area contributed by atoms with Gasteiger partial charge in [-0.3, -0.25) is 9.89 Å². The summed E-state index contributed by atoms with van der Waals surface area (Å²) in [5, 5.41) is 3.90. The number of nitrogens with one attached hydrogen (secondary N) is 1. The minimum absolute atomic E-state index is 0.00790. The van der Waals surface area contributed by atoms with Crippen molar-refractivity contribution in [3.8, 4) is 0 Å². The van der Waals surface area contributed by atoms with Gasteiger partial charge < -0.3 is 0 Å². The van der Waals surface area contributed by atoms with E-state index in [1.807, 2.05) is 30.3 Å². The predicted octanol–water partition coefficient (Wildman–Crippen LogP) is 2.36. The molecule has 1 spiro atoms. The second-order valence-corrected chi connectivity index (χ2v) is 9.42. The van der Waals surface area contributed by atoms with Crippen molar-refractivity contribution in [3.63, 3.8) is 0 Å². The Balaban J connectivity index is 1.31. The largest absolute Gasteiger partial charge is 0.295 e. The van der Waals surface area contributed by atoms with E-state index in [0.717, 1.165) is 18.4 Å². The van der Waals surface area contributed by atoms with Crippen molar-refractivity contribution < 1.29 is 8.42 Å². The van der Waals surface area contributed by atoms with Gasteiger partial charge in [0.05, 0.1) is 21.8 Å². The standard InChI is InChI=1S/C19H19N3O3S/c23-18-16-8-4-5-9-17(16)20-22(18)14-10-19(11-14)12-21(13-19)26(24,25)15-6-2-1-3-7-15/h1-9,14,20H,10-13H2. The maximum Gasteiger partial charge on any atom is 0.274 e. The van der Waals surface area contributed by atoms with E-state index in [4.69, 9.17) is 0 Å². The van der Waals surface area contributed by atoms with Crippen LogP contribution in [0.1, 0.15) is 18.9 Å². The molecule has 5 rings (SSSR count). The van der Waals surface area contributed by atoms with Crippen molar-refractivity contribution in [3.05, 3.63) is 65.0 Å². The molecule has 2 fully saturated rings. The molecular weight excluding hydrogens is 350 g/mol. The smallest absolute Gasteiger partial charge is 0.274 e. The minimum Gasteiger partial charge on any atom is -0.295 e. The van der Waals surface area contributed by atoms with Crippen LogP contribution in [0.5, 0.6) is 0 Å². The maximum absolute atomic E-state index is 12.6. The summed E-state index contributed by atoms with van der Waals surface area (Å²) < 4.78 is 28.5. The molecule has 2 aliphatic rings. The molecule has 0 bridgehead atoms. The van der Waals surface area contributed by atoms with Crippen LogP contribution >= 0.6 is 0 Å². The van der Waals surface area contributed by atoms with E-state index >= 15 is 0 Å². The second kappa shape index (κ2) is 5.31. The molecule has 2 heterocycles. The fraction of sp³-hybridized carbons (Fsp3) is 0.316.